The van der Waals surface area contributed by atoms with Crippen molar-refractivity contribution in [2.45, 2.75) is 0 Å². The van der Waals surface area contributed by atoms with Gasteiger partial charge in [0.05, 0.1) is 11.5 Å². The van der Waals surface area contributed by atoms with Gasteiger partial charge in [-0.25, -0.2) is 0 Å². The average Bonchev–Trinajstić information content (AvgIpc) is 2.67. The molecule has 1 aromatic carbocycles. The molecule has 94 valence electrons. The van der Waals surface area contributed by atoms with Crippen molar-refractivity contribution in [1.29, 1.82) is 5.41 Å². The second kappa shape index (κ2) is 5.70. The van der Waals surface area contributed by atoms with Gasteiger partial charge in [-0.1, -0.05) is 12.1 Å². The van der Waals surface area contributed by atoms with E-state index in [-0.39, 0.29) is 24.3 Å². The maximum Gasteiger partial charge on any atom is 0.289 e. The topological polar surface area (TPSA) is 82.4 Å². The highest BCUT2D eigenvalue weighted by atomic mass is 32.2. The van der Waals surface area contributed by atoms with Crippen LogP contribution in [-0.4, -0.2) is 29.4 Å². The zero-order chi connectivity index (χ0) is 13.0. The number of benzene rings is 1. The average molecular weight is 264 g/mol. The smallest absolute Gasteiger partial charge is 0.289 e. The second-order valence-corrected chi connectivity index (χ2v) is 4.55. The van der Waals surface area contributed by atoms with E-state index >= 15 is 0 Å². The molecule has 1 saturated heterocycles. The molecule has 18 heavy (non-hydrogen) atoms. The van der Waals surface area contributed by atoms with Crippen molar-refractivity contribution in [3.05, 3.63) is 34.7 Å². The molecule has 1 amide bonds. The van der Waals surface area contributed by atoms with Gasteiger partial charge >= 0.3 is 0 Å². The predicted octanol–water partition coefficient (Wildman–Crippen LogP) is 1.83. The summed E-state index contributed by atoms with van der Waals surface area (Å²) in [7, 11) is 0. The fourth-order valence-corrected chi connectivity index (χ4v) is 2.12. The minimum Gasteiger partial charge on any atom is -0.491 e. The van der Waals surface area contributed by atoms with Crippen LogP contribution < -0.4 is 10.1 Å². The molecule has 0 saturated carbocycles. The van der Waals surface area contributed by atoms with Gasteiger partial charge in [0.1, 0.15) is 18.2 Å². The van der Waals surface area contributed by atoms with Crippen molar-refractivity contribution < 1.29 is 14.6 Å². The lowest BCUT2D eigenvalue weighted by molar-refractivity contribution is 0.201. The molecule has 3 N–H and O–H groups in total. The van der Waals surface area contributed by atoms with Gasteiger partial charge in [-0.15, -0.1) is 0 Å². The quantitative estimate of drug-likeness (QED) is 0.775. The van der Waals surface area contributed by atoms with Crippen molar-refractivity contribution >= 4 is 28.9 Å². The lowest BCUT2D eigenvalue weighted by atomic mass is 10.2. The van der Waals surface area contributed by atoms with Crippen LogP contribution in [0.1, 0.15) is 5.56 Å². The van der Waals surface area contributed by atoms with E-state index in [1.54, 1.807) is 18.2 Å². The number of hydrogen-bond acceptors (Lipinski definition) is 5. The van der Waals surface area contributed by atoms with Crippen LogP contribution in [-0.2, 0) is 0 Å². The van der Waals surface area contributed by atoms with Crippen molar-refractivity contribution in [2.24, 2.45) is 0 Å². The van der Waals surface area contributed by atoms with Crippen LogP contribution >= 0.6 is 11.8 Å². The van der Waals surface area contributed by atoms with E-state index in [0.717, 1.165) is 17.3 Å². The van der Waals surface area contributed by atoms with Crippen LogP contribution in [0.25, 0.3) is 6.08 Å². The molecule has 0 radical (unpaired) electrons. The number of thioether (sulfide) groups is 1. The number of amides is 1. The van der Waals surface area contributed by atoms with E-state index in [1.807, 2.05) is 12.1 Å². The molecule has 0 atom stereocenters. The molecule has 1 aromatic rings. The first-order chi connectivity index (χ1) is 8.69. The Labute approximate surface area is 108 Å². The normalized spacial score (nSPS) is 17.1. The highest BCUT2D eigenvalue weighted by Gasteiger charge is 2.21. The van der Waals surface area contributed by atoms with Gasteiger partial charge in [-0.2, -0.15) is 0 Å². The Kier molecular flexibility index (Phi) is 4.01. The number of hydrogen-bond donors (Lipinski definition) is 3. The number of rotatable bonds is 4. The summed E-state index contributed by atoms with van der Waals surface area (Å²) in [6.07, 6.45) is 1.76. The van der Waals surface area contributed by atoms with Crippen LogP contribution in [0.15, 0.2) is 29.2 Å². The third-order valence-electron chi connectivity index (χ3n) is 2.21. The van der Waals surface area contributed by atoms with Crippen molar-refractivity contribution in [2.75, 3.05) is 13.2 Å². The first-order valence-corrected chi connectivity index (χ1v) is 6.14. The maximum absolute atomic E-state index is 11.1. The largest absolute Gasteiger partial charge is 0.491 e. The minimum atomic E-state index is -0.228. The van der Waals surface area contributed by atoms with Gasteiger partial charge in [0.25, 0.3) is 5.24 Å². The molecule has 2 rings (SSSR count). The fourth-order valence-electron chi connectivity index (χ4n) is 1.42. The number of amidine groups is 1. The molecule has 5 nitrogen and oxygen atoms in total. The summed E-state index contributed by atoms with van der Waals surface area (Å²) in [5.41, 5.74) is 0.884. The molecule has 0 bridgehead atoms. The Morgan fingerprint density at radius 2 is 2.11 bits per heavy atom. The third-order valence-corrected chi connectivity index (χ3v) is 3.04. The van der Waals surface area contributed by atoms with Crippen LogP contribution in [0.2, 0.25) is 0 Å². The first kappa shape index (κ1) is 12.7. The Morgan fingerprint density at radius 3 is 2.67 bits per heavy atom. The van der Waals surface area contributed by atoms with Gasteiger partial charge in [0.2, 0.25) is 0 Å². The van der Waals surface area contributed by atoms with Gasteiger partial charge in [-0.3, -0.25) is 10.2 Å². The zero-order valence-electron chi connectivity index (χ0n) is 9.47. The van der Waals surface area contributed by atoms with E-state index < -0.39 is 0 Å². The van der Waals surface area contributed by atoms with Gasteiger partial charge in [-0.05, 0) is 35.5 Å². The Bertz CT molecular complexity index is 497. The molecule has 1 aliphatic rings. The Morgan fingerprint density at radius 1 is 1.39 bits per heavy atom. The zero-order valence-corrected chi connectivity index (χ0v) is 10.3. The Hall–Kier alpha value is -1.79. The van der Waals surface area contributed by atoms with Crippen LogP contribution in [0.5, 0.6) is 5.75 Å². The predicted molar refractivity (Wildman–Crippen MR) is 70.8 cm³/mol. The summed E-state index contributed by atoms with van der Waals surface area (Å²) in [6.45, 7) is 0.243. The number of ether oxygens (including phenoxy) is 1. The second-order valence-electron chi connectivity index (χ2n) is 3.54. The molecule has 6 heteroatoms. The van der Waals surface area contributed by atoms with Gasteiger partial charge in [0, 0.05) is 0 Å². The van der Waals surface area contributed by atoms with Crippen LogP contribution in [0.4, 0.5) is 4.79 Å². The summed E-state index contributed by atoms with van der Waals surface area (Å²) in [5.74, 6) is 0.806. The number of nitrogens with one attached hydrogen (secondary N) is 2. The van der Waals surface area contributed by atoms with Crippen molar-refractivity contribution in [3.63, 3.8) is 0 Å². The fraction of sp³-hybridized carbons (Fsp3) is 0.167. The van der Waals surface area contributed by atoms with E-state index in [4.69, 9.17) is 15.3 Å². The first-order valence-electron chi connectivity index (χ1n) is 5.32. The van der Waals surface area contributed by atoms with Crippen LogP contribution in [0, 0.1) is 5.41 Å². The highest BCUT2D eigenvalue weighted by Crippen LogP contribution is 2.26. The summed E-state index contributed by atoms with van der Waals surface area (Å²) in [5, 5.41) is 18.4. The number of carbonyl (C=O) groups is 1. The molecule has 1 fully saturated rings. The molecular formula is C12H12N2O3S. The third kappa shape index (κ3) is 3.12. The summed E-state index contributed by atoms with van der Waals surface area (Å²) in [4.78, 5) is 11.7. The molecule has 0 spiro atoms. The number of carbonyl (C=O) groups excluding carboxylic acids is 1. The van der Waals surface area contributed by atoms with Crippen LogP contribution in [0.3, 0.4) is 0 Å². The lowest BCUT2D eigenvalue weighted by Crippen LogP contribution is -2.17. The van der Waals surface area contributed by atoms with E-state index in [9.17, 15) is 4.79 Å². The van der Waals surface area contributed by atoms with Crippen molar-refractivity contribution in [3.8, 4) is 5.75 Å². The number of aliphatic hydroxyl groups is 1. The van der Waals surface area contributed by atoms with Gasteiger partial charge in [0.15, 0.2) is 0 Å². The molecule has 1 heterocycles. The molecule has 0 aliphatic carbocycles. The standard InChI is InChI=1S/C12H12N2O3S/c13-11-10(18-12(16)14-11)7-8-1-3-9(4-2-8)17-6-5-15/h1-4,7,15H,5-6H2,(H2,13,14,16). The minimum absolute atomic E-state index is 0.0205. The van der Waals surface area contributed by atoms with Gasteiger partial charge < -0.3 is 15.2 Å². The molecular weight excluding hydrogens is 252 g/mol. The number of aliphatic hydroxyl groups excluding tert-OH is 1. The molecule has 0 unspecified atom stereocenters. The summed E-state index contributed by atoms with van der Waals surface area (Å²) in [6, 6.07) is 7.22. The SMILES string of the molecule is N=C1NC(=O)SC1=Cc1ccc(OCCO)cc1. The molecule has 0 aromatic heterocycles. The summed E-state index contributed by atoms with van der Waals surface area (Å²) < 4.78 is 5.23. The van der Waals surface area contributed by atoms with E-state index in [1.165, 1.54) is 0 Å². The highest BCUT2D eigenvalue weighted by molar-refractivity contribution is 8.18. The monoisotopic (exact) mass is 264 g/mol. The van der Waals surface area contributed by atoms with Crippen molar-refractivity contribution in [1.82, 2.24) is 5.32 Å². The van der Waals surface area contributed by atoms with E-state index in [2.05, 4.69) is 5.32 Å². The summed E-state index contributed by atoms with van der Waals surface area (Å²) >= 11 is 1.01. The Balaban J connectivity index is 2.08. The molecule has 1 aliphatic heterocycles. The maximum atomic E-state index is 11.1. The van der Waals surface area contributed by atoms with E-state index in [0.29, 0.717) is 10.7 Å². The lowest BCUT2D eigenvalue weighted by Gasteiger charge is -2.04.